The molecule has 0 saturated heterocycles. The van der Waals surface area contributed by atoms with Gasteiger partial charge in [0.25, 0.3) is 0 Å². The highest BCUT2D eigenvalue weighted by Crippen LogP contribution is 2.35. The number of aliphatic hydroxyl groups excluding tert-OH is 1. The van der Waals surface area contributed by atoms with E-state index >= 15 is 0 Å². The van der Waals surface area contributed by atoms with Crippen LogP contribution in [0.2, 0.25) is 0 Å². The third-order valence-electron chi connectivity index (χ3n) is 2.58. The summed E-state index contributed by atoms with van der Waals surface area (Å²) in [5.41, 5.74) is -1.23. The summed E-state index contributed by atoms with van der Waals surface area (Å²) in [5.74, 6) is -2.83. The molecule has 7 nitrogen and oxygen atoms in total. The van der Waals surface area contributed by atoms with E-state index in [-0.39, 0.29) is 19.1 Å². The van der Waals surface area contributed by atoms with Crippen molar-refractivity contribution in [2.75, 3.05) is 13.4 Å². The van der Waals surface area contributed by atoms with Crippen molar-refractivity contribution in [2.24, 2.45) is 10.2 Å². The van der Waals surface area contributed by atoms with Gasteiger partial charge in [-0.25, -0.2) is 4.79 Å². The van der Waals surface area contributed by atoms with Crippen molar-refractivity contribution in [1.82, 2.24) is 0 Å². The van der Waals surface area contributed by atoms with Crippen molar-refractivity contribution < 1.29 is 37.3 Å². The van der Waals surface area contributed by atoms with Crippen molar-refractivity contribution in [2.45, 2.75) is 13.1 Å². The van der Waals surface area contributed by atoms with Crippen LogP contribution in [0.5, 0.6) is 11.5 Å². The summed E-state index contributed by atoms with van der Waals surface area (Å²) in [7, 11) is 0. The number of hydrogen-bond acceptors (Lipinski definition) is 7. The molecule has 0 aliphatic carbocycles. The van der Waals surface area contributed by atoms with Gasteiger partial charge in [-0.2, -0.15) is 18.3 Å². The lowest BCUT2D eigenvalue weighted by molar-refractivity contribution is -0.143. The van der Waals surface area contributed by atoms with Crippen LogP contribution in [0.4, 0.5) is 18.9 Å². The second-order valence-electron chi connectivity index (χ2n) is 4.15. The lowest BCUT2D eigenvalue weighted by Gasteiger charge is -2.08. The molecule has 0 saturated carbocycles. The van der Waals surface area contributed by atoms with E-state index in [0.717, 1.165) is 0 Å². The lowest BCUT2D eigenvalue weighted by atomic mass is 10.3. The number of nitrogens with zero attached hydrogens (tertiary/aromatic N) is 2. The minimum absolute atomic E-state index is 0.0127. The van der Waals surface area contributed by atoms with Gasteiger partial charge in [0, 0.05) is 6.07 Å². The molecule has 10 heteroatoms. The Kier molecular flexibility index (Phi) is 4.72. The average molecular weight is 332 g/mol. The van der Waals surface area contributed by atoms with Crippen LogP contribution in [-0.2, 0) is 9.53 Å². The maximum atomic E-state index is 12.6. The number of fused-ring (bicyclic) bond motifs is 1. The van der Waals surface area contributed by atoms with E-state index in [1.807, 2.05) is 0 Å². The Morgan fingerprint density at radius 3 is 2.70 bits per heavy atom. The van der Waals surface area contributed by atoms with Crippen molar-refractivity contribution >= 4 is 11.7 Å². The second-order valence-corrected chi connectivity index (χ2v) is 4.15. The number of alkyl halides is 3. The standard InChI is InChI=1S/C13H11F3N2O5/c1-2-21-12(20)10(11(19)13(14,15)16)18-17-7-3-4-8-9(5-7)23-6-22-8/h3-5,19H,2,6H2,1H3/b11-10-,18-17?. The Hall–Kier alpha value is -2.78. The number of halogens is 3. The Bertz CT molecular complexity index is 670. The van der Waals surface area contributed by atoms with Crippen LogP contribution in [-0.4, -0.2) is 30.7 Å². The smallest absolute Gasteiger partial charge is 0.451 e. The fraction of sp³-hybridized carbons (Fsp3) is 0.308. The topological polar surface area (TPSA) is 89.7 Å². The van der Waals surface area contributed by atoms with Gasteiger partial charge >= 0.3 is 12.1 Å². The highest BCUT2D eigenvalue weighted by Gasteiger charge is 2.39. The van der Waals surface area contributed by atoms with Crippen LogP contribution >= 0.6 is 0 Å². The molecule has 23 heavy (non-hydrogen) atoms. The van der Waals surface area contributed by atoms with Crippen LogP contribution in [0.25, 0.3) is 0 Å². The molecule has 2 rings (SSSR count). The summed E-state index contributed by atoms with van der Waals surface area (Å²) >= 11 is 0. The molecule has 0 fully saturated rings. The summed E-state index contributed by atoms with van der Waals surface area (Å²) < 4.78 is 52.2. The molecule has 0 unspecified atom stereocenters. The monoisotopic (exact) mass is 332 g/mol. The number of ether oxygens (including phenoxy) is 3. The number of carbonyl (C=O) groups is 1. The van der Waals surface area contributed by atoms with Crippen LogP contribution in [0.15, 0.2) is 39.9 Å². The molecule has 0 bridgehead atoms. The van der Waals surface area contributed by atoms with E-state index < -0.39 is 23.6 Å². The molecule has 1 aromatic rings. The van der Waals surface area contributed by atoms with E-state index in [9.17, 15) is 18.0 Å². The largest absolute Gasteiger partial charge is 0.502 e. The van der Waals surface area contributed by atoms with Crippen molar-refractivity contribution in [3.8, 4) is 11.5 Å². The highest BCUT2D eigenvalue weighted by molar-refractivity contribution is 5.88. The molecule has 0 spiro atoms. The predicted molar refractivity (Wildman–Crippen MR) is 69.4 cm³/mol. The highest BCUT2D eigenvalue weighted by atomic mass is 19.4. The van der Waals surface area contributed by atoms with Gasteiger partial charge in [0.15, 0.2) is 11.5 Å². The summed E-state index contributed by atoms with van der Waals surface area (Å²) in [4.78, 5) is 11.5. The first-order valence-corrected chi connectivity index (χ1v) is 6.32. The van der Waals surface area contributed by atoms with Gasteiger partial charge in [0.2, 0.25) is 18.2 Å². The molecular formula is C13H11F3N2O5. The zero-order valence-corrected chi connectivity index (χ0v) is 11.8. The Morgan fingerprint density at radius 2 is 2.04 bits per heavy atom. The average Bonchev–Trinajstić information content (AvgIpc) is 2.94. The number of carbonyl (C=O) groups excluding carboxylic acids is 1. The molecule has 0 atom stereocenters. The SMILES string of the molecule is CCOC(=O)/C(N=Nc1ccc2c(c1)OCO2)=C(/O)C(F)(F)F. The van der Waals surface area contributed by atoms with E-state index in [1.165, 1.54) is 25.1 Å². The van der Waals surface area contributed by atoms with Gasteiger partial charge in [-0.1, -0.05) is 0 Å². The first kappa shape index (κ1) is 16.6. The summed E-state index contributed by atoms with van der Waals surface area (Å²) in [6.45, 7) is 1.22. The fourth-order valence-corrected chi connectivity index (χ4v) is 1.57. The van der Waals surface area contributed by atoms with Crippen LogP contribution in [0.1, 0.15) is 6.92 Å². The minimum atomic E-state index is -5.16. The van der Waals surface area contributed by atoms with Gasteiger partial charge < -0.3 is 19.3 Å². The predicted octanol–water partition coefficient (Wildman–Crippen LogP) is 3.39. The minimum Gasteiger partial charge on any atom is -0.502 e. The molecular weight excluding hydrogens is 321 g/mol. The number of aliphatic hydroxyl groups is 1. The first-order chi connectivity index (χ1) is 10.8. The first-order valence-electron chi connectivity index (χ1n) is 6.32. The summed E-state index contributed by atoms with van der Waals surface area (Å²) in [6.07, 6.45) is -5.16. The van der Waals surface area contributed by atoms with Crippen molar-refractivity contribution in [3.05, 3.63) is 29.7 Å². The van der Waals surface area contributed by atoms with E-state index in [4.69, 9.17) is 14.6 Å². The van der Waals surface area contributed by atoms with Gasteiger partial charge in [-0.15, -0.1) is 5.11 Å². The Labute approximate surface area is 128 Å². The number of rotatable bonds is 4. The van der Waals surface area contributed by atoms with Crippen molar-refractivity contribution in [3.63, 3.8) is 0 Å². The van der Waals surface area contributed by atoms with Gasteiger partial charge in [0.1, 0.15) is 0 Å². The zero-order valence-electron chi connectivity index (χ0n) is 11.8. The van der Waals surface area contributed by atoms with E-state index in [2.05, 4.69) is 15.0 Å². The Balaban J connectivity index is 2.32. The van der Waals surface area contributed by atoms with Gasteiger partial charge in [0.05, 0.1) is 12.3 Å². The maximum absolute atomic E-state index is 12.6. The van der Waals surface area contributed by atoms with E-state index in [1.54, 1.807) is 0 Å². The molecule has 1 N–H and O–H groups in total. The third-order valence-corrected chi connectivity index (χ3v) is 2.58. The quantitative estimate of drug-likeness (QED) is 0.395. The molecule has 1 aliphatic rings. The van der Waals surface area contributed by atoms with E-state index in [0.29, 0.717) is 11.5 Å². The van der Waals surface area contributed by atoms with Gasteiger partial charge in [-0.3, -0.25) is 0 Å². The van der Waals surface area contributed by atoms with Crippen molar-refractivity contribution in [1.29, 1.82) is 0 Å². The fourth-order valence-electron chi connectivity index (χ4n) is 1.57. The van der Waals surface area contributed by atoms with Gasteiger partial charge in [-0.05, 0) is 19.1 Å². The molecule has 0 amide bonds. The van der Waals surface area contributed by atoms with Crippen LogP contribution in [0, 0.1) is 0 Å². The molecule has 1 aliphatic heterocycles. The molecule has 1 aromatic carbocycles. The normalized spacial score (nSPS) is 14.8. The maximum Gasteiger partial charge on any atom is 0.451 e. The lowest BCUT2D eigenvalue weighted by Crippen LogP contribution is -2.18. The Morgan fingerprint density at radius 1 is 1.35 bits per heavy atom. The number of azo groups is 1. The van der Waals surface area contributed by atoms with Crippen LogP contribution in [0.3, 0.4) is 0 Å². The number of hydrogen-bond donors (Lipinski definition) is 1. The molecule has 0 aromatic heterocycles. The number of benzene rings is 1. The number of allylic oxidation sites excluding steroid dienone is 1. The molecule has 1 heterocycles. The zero-order chi connectivity index (χ0) is 17.0. The summed E-state index contributed by atoms with van der Waals surface area (Å²) in [6, 6.07) is 4.23. The molecule has 124 valence electrons. The van der Waals surface area contributed by atoms with Crippen LogP contribution < -0.4 is 9.47 Å². The second kappa shape index (κ2) is 6.55. The molecule has 0 radical (unpaired) electrons. The summed E-state index contributed by atoms with van der Waals surface area (Å²) in [5, 5.41) is 15.8. The number of esters is 1. The third kappa shape index (κ3) is 3.90.